The molecule has 0 saturated carbocycles. The fourth-order valence-electron chi connectivity index (χ4n) is 2.95. The molecule has 1 aromatic carbocycles. The highest BCUT2D eigenvalue weighted by Gasteiger charge is 2.24. The second-order valence-corrected chi connectivity index (χ2v) is 6.97. The van der Waals surface area contributed by atoms with E-state index in [0.717, 1.165) is 16.8 Å². The lowest BCUT2D eigenvalue weighted by Crippen LogP contribution is -2.15. The minimum atomic E-state index is 0.227. The lowest BCUT2D eigenvalue weighted by molar-refractivity contribution is 0.599. The molecule has 0 aliphatic rings. The van der Waals surface area contributed by atoms with Crippen LogP contribution in [0.3, 0.4) is 0 Å². The molecular weight excluding hydrogens is 314 g/mol. The van der Waals surface area contributed by atoms with E-state index in [1.165, 1.54) is 23.1 Å². The quantitative estimate of drug-likeness (QED) is 0.349. The normalized spacial score (nSPS) is 13.6. The number of benzene rings is 1. The summed E-state index contributed by atoms with van der Waals surface area (Å²) >= 11 is 0. The molecule has 2 atom stereocenters. The van der Waals surface area contributed by atoms with Crippen LogP contribution in [0.25, 0.3) is 5.57 Å². The molecule has 0 aliphatic carbocycles. The highest BCUT2D eigenvalue weighted by Crippen LogP contribution is 2.38. The van der Waals surface area contributed by atoms with Crippen LogP contribution in [-0.4, -0.2) is 6.21 Å². The molecule has 0 bridgehead atoms. The van der Waals surface area contributed by atoms with E-state index in [1.54, 1.807) is 0 Å². The first-order chi connectivity index (χ1) is 12.2. The molecular formula is C25H37N. The highest BCUT2D eigenvalue weighted by atomic mass is 14.7. The lowest BCUT2D eigenvalue weighted by Gasteiger charge is -2.28. The van der Waals surface area contributed by atoms with Crippen LogP contribution in [0, 0.1) is 5.92 Å². The van der Waals surface area contributed by atoms with E-state index in [4.69, 9.17) is 0 Å². The Morgan fingerprint density at radius 3 is 2.04 bits per heavy atom. The third-order valence-electron chi connectivity index (χ3n) is 4.08. The van der Waals surface area contributed by atoms with Crippen molar-refractivity contribution in [3.05, 3.63) is 78.0 Å². The van der Waals surface area contributed by atoms with E-state index in [1.807, 2.05) is 13.1 Å². The fraction of sp³-hybridized carbons (Fsp3) is 0.400. The molecule has 26 heavy (non-hydrogen) atoms. The van der Waals surface area contributed by atoms with E-state index < -0.39 is 0 Å². The summed E-state index contributed by atoms with van der Waals surface area (Å²) in [6, 6.07) is 8.47. The van der Waals surface area contributed by atoms with E-state index in [2.05, 4.69) is 96.6 Å². The van der Waals surface area contributed by atoms with Gasteiger partial charge in [-0.25, -0.2) is 0 Å². The number of hydrogen-bond donors (Lipinski definition) is 0. The molecule has 142 valence electrons. The average Bonchev–Trinajstić information content (AvgIpc) is 2.56. The second-order valence-electron chi connectivity index (χ2n) is 6.97. The van der Waals surface area contributed by atoms with Gasteiger partial charge in [-0.3, -0.25) is 4.99 Å². The van der Waals surface area contributed by atoms with E-state index in [0.29, 0.717) is 0 Å². The number of rotatable bonds is 7. The van der Waals surface area contributed by atoms with Gasteiger partial charge in [0.1, 0.15) is 0 Å². The molecule has 0 aliphatic heterocycles. The summed E-state index contributed by atoms with van der Waals surface area (Å²) in [7, 11) is 0. The van der Waals surface area contributed by atoms with Crippen molar-refractivity contribution in [3.8, 4) is 0 Å². The first-order valence-electron chi connectivity index (χ1n) is 9.47. The Labute approximate surface area is 162 Å². The molecule has 0 amide bonds. The van der Waals surface area contributed by atoms with Crippen LogP contribution in [0.5, 0.6) is 0 Å². The predicted molar refractivity (Wildman–Crippen MR) is 121 cm³/mol. The van der Waals surface area contributed by atoms with Gasteiger partial charge in [-0.1, -0.05) is 88.4 Å². The van der Waals surface area contributed by atoms with Crippen LogP contribution in [-0.2, 0) is 0 Å². The molecule has 0 fully saturated rings. The van der Waals surface area contributed by atoms with Gasteiger partial charge in [0.15, 0.2) is 0 Å². The summed E-state index contributed by atoms with van der Waals surface area (Å²) in [5.74, 6) is 0.506. The SMILES string of the molecule is C=C(C)N=C/C(=C\C)C(C)C(C(=C)C)c1ccccc1C(=C)C.CCC. The Morgan fingerprint density at radius 1 is 1.08 bits per heavy atom. The van der Waals surface area contributed by atoms with Gasteiger partial charge >= 0.3 is 0 Å². The number of allylic oxidation sites excluding steroid dienone is 5. The van der Waals surface area contributed by atoms with Crippen molar-refractivity contribution in [2.45, 2.75) is 60.8 Å². The highest BCUT2D eigenvalue weighted by molar-refractivity contribution is 5.80. The maximum atomic E-state index is 4.37. The summed E-state index contributed by atoms with van der Waals surface area (Å²) in [6.07, 6.45) is 5.29. The third kappa shape index (κ3) is 7.39. The van der Waals surface area contributed by atoms with Crippen molar-refractivity contribution >= 4 is 11.8 Å². The topological polar surface area (TPSA) is 12.4 Å². The third-order valence-corrected chi connectivity index (χ3v) is 4.08. The molecule has 2 unspecified atom stereocenters. The smallest absolute Gasteiger partial charge is 0.0302 e. The van der Waals surface area contributed by atoms with Gasteiger partial charge in [0, 0.05) is 17.8 Å². The molecule has 0 spiro atoms. The van der Waals surface area contributed by atoms with E-state index in [-0.39, 0.29) is 11.8 Å². The number of aliphatic imine (C=N–C) groups is 1. The molecule has 0 aromatic heterocycles. The Bertz CT molecular complexity index is 673. The van der Waals surface area contributed by atoms with Crippen LogP contribution in [0.1, 0.15) is 71.9 Å². The van der Waals surface area contributed by atoms with Gasteiger partial charge in [0.25, 0.3) is 0 Å². The summed E-state index contributed by atoms with van der Waals surface area (Å²) < 4.78 is 0. The van der Waals surface area contributed by atoms with Crippen LogP contribution < -0.4 is 0 Å². The maximum Gasteiger partial charge on any atom is 0.0302 e. The maximum absolute atomic E-state index is 4.37. The summed E-state index contributed by atoms with van der Waals surface area (Å²) in [6.45, 7) is 26.8. The molecule has 1 heteroatoms. The summed E-state index contributed by atoms with van der Waals surface area (Å²) in [5.41, 5.74) is 6.72. The molecule has 0 N–H and O–H groups in total. The van der Waals surface area contributed by atoms with Crippen molar-refractivity contribution in [2.24, 2.45) is 10.9 Å². The molecule has 1 rings (SSSR count). The van der Waals surface area contributed by atoms with Crippen molar-refractivity contribution in [3.63, 3.8) is 0 Å². The van der Waals surface area contributed by atoms with Crippen LogP contribution >= 0.6 is 0 Å². The van der Waals surface area contributed by atoms with Gasteiger partial charge in [-0.15, -0.1) is 0 Å². The summed E-state index contributed by atoms with van der Waals surface area (Å²) in [5, 5.41) is 0. The van der Waals surface area contributed by atoms with Crippen molar-refractivity contribution in [2.75, 3.05) is 0 Å². The largest absolute Gasteiger partial charge is 0.262 e. The van der Waals surface area contributed by atoms with Gasteiger partial charge in [0.2, 0.25) is 0 Å². The van der Waals surface area contributed by atoms with Gasteiger partial charge in [-0.05, 0) is 50.3 Å². The first-order valence-corrected chi connectivity index (χ1v) is 9.47. The van der Waals surface area contributed by atoms with Crippen molar-refractivity contribution in [1.82, 2.24) is 0 Å². The zero-order valence-electron chi connectivity index (χ0n) is 17.9. The molecule has 1 nitrogen and oxygen atoms in total. The Kier molecular flexibility index (Phi) is 11.2. The van der Waals surface area contributed by atoms with Gasteiger partial charge in [0.05, 0.1) is 0 Å². The van der Waals surface area contributed by atoms with Gasteiger partial charge in [-0.2, -0.15) is 0 Å². The minimum Gasteiger partial charge on any atom is -0.262 e. The molecule has 0 heterocycles. The molecule has 0 radical (unpaired) electrons. The average molecular weight is 352 g/mol. The van der Waals surface area contributed by atoms with E-state index >= 15 is 0 Å². The summed E-state index contributed by atoms with van der Waals surface area (Å²) in [4.78, 5) is 4.37. The molecule has 1 aromatic rings. The minimum absolute atomic E-state index is 0.227. The lowest BCUT2D eigenvalue weighted by atomic mass is 9.76. The second kappa shape index (κ2) is 12.2. The standard InChI is InChI=1S/C22H29N.C3H8/c1-9-19(14-23-17(6)7)18(8)22(16(4)5)21-13-11-10-12-20(21)15(2)3;1-3-2/h9-14,18,22H,2,4,6H2,1,3,5,7-8H3;3H2,1-2H3/b19-9+,23-14?;. The number of hydrogen-bond acceptors (Lipinski definition) is 1. The van der Waals surface area contributed by atoms with Crippen LogP contribution in [0.4, 0.5) is 0 Å². The van der Waals surface area contributed by atoms with Gasteiger partial charge < -0.3 is 0 Å². The Hall–Kier alpha value is -2.15. The fourth-order valence-corrected chi connectivity index (χ4v) is 2.95. The predicted octanol–water partition coefficient (Wildman–Crippen LogP) is 7.98. The Balaban J connectivity index is 0.00000194. The Morgan fingerprint density at radius 2 is 1.62 bits per heavy atom. The zero-order valence-corrected chi connectivity index (χ0v) is 17.9. The first kappa shape index (κ1) is 23.9. The van der Waals surface area contributed by atoms with E-state index in [9.17, 15) is 0 Å². The number of nitrogens with zero attached hydrogens (tertiary/aromatic N) is 1. The monoisotopic (exact) mass is 351 g/mol. The van der Waals surface area contributed by atoms with Crippen LogP contribution in [0.2, 0.25) is 0 Å². The molecule has 0 saturated heterocycles. The van der Waals surface area contributed by atoms with Crippen molar-refractivity contribution in [1.29, 1.82) is 0 Å². The zero-order chi connectivity index (χ0) is 20.3. The van der Waals surface area contributed by atoms with Crippen molar-refractivity contribution < 1.29 is 0 Å². The van der Waals surface area contributed by atoms with Crippen LogP contribution in [0.15, 0.2) is 71.9 Å².